The fourth-order valence-corrected chi connectivity index (χ4v) is 2.76. The molecule has 24 heavy (non-hydrogen) atoms. The Kier molecular flexibility index (Phi) is 5.48. The van der Waals surface area contributed by atoms with Gasteiger partial charge in [0.1, 0.15) is 18.2 Å². The number of nitrogens with zero attached hydrogens (tertiary/aromatic N) is 2. The Morgan fingerprint density at radius 2 is 2.17 bits per heavy atom. The van der Waals surface area contributed by atoms with Gasteiger partial charge in [-0.1, -0.05) is 12.1 Å². The van der Waals surface area contributed by atoms with E-state index in [1.807, 2.05) is 42.1 Å². The molecule has 0 saturated carbocycles. The Morgan fingerprint density at radius 1 is 1.33 bits per heavy atom. The van der Waals surface area contributed by atoms with E-state index in [2.05, 4.69) is 15.6 Å². The Morgan fingerprint density at radius 3 is 2.92 bits per heavy atom. The summed E-state index contributed by atoms with van der Waals surface area (Å²) in [5, 5.41) is 6.29. The highest BCUT2D eigenvalue weighted by molar-refractivity contribution is 5.81. The van der Waals surface area contributed by atoms with Crippen molar-refractivity contribution in [1.29, 1.82) is 0 Å². The lowest BCUT2D eigenvalue weighted by Crippen LogP contribution is -2.42. The van der Waals surface area contributed by atoms with Gasteiger partial charge in [-0.25, -0.2) is 4.98 Å². The van der Waals surface area contributed by atoms with Crippen LogP contribution in [-0.2, 0) is 25.0 Å². The molecule has 1 aliphatic heterocycles. The summed E-state index contributed by atoms with van der Waals surface area (Å²) in [7, 11) is 1.95. The number of aromatic nitrogens is 2. The predicted molar refractivity (Wildman–Crippen MR) is 91.5 cm³/mol. The summed E-state index contributed by atoms with van der Waals surface area (Å²) < 4.78 is 7.69. The Labute approximate surface area is 142 Å². The summed E-state index contributed by atoms with van der Waals surface area (Å²) in [4.78, 5) is 16.1. The van der Waals surface area contributed by atoms with Gasteiger partial charge < -0.3 is 19.9 Å². The minimum Gasteiger partial charge on any atom is -0.486 e. The van der Waals surface area contributed by atoms with Crippen molar-refractivity contribution in [2.45, 2.75) is 38.5 Å². The van der Waals surface area contributed by atoms with E-state index in [-0.39, 0.29) is 11.9 Å². The first-order valence-corrected chi connectivity index (χ1v) is 8.41. The van der Waals surface area contributed by atoms with Crippen molar-refractivity contribution in [3.05, 3.63) is 48.0 Å². The molecule has 0 unspecified atom stereocenters. The fraction of sp³-hybridized carbons (Fsp3) is 0.444. The summed E-state index contributed by atoms with van der Waals surface area (Å²) in [5.74, 6) is 1.82. The van der Waals surface area contributed by atoms with Crippen LogP contribution in [0.2, 0.25) is 0 Å². The first-order valence-electron chi connectivity index (χ1n) is 8.41. The van der Waals surface area contributed by atoms with E-state index in [9.17, 15) is 4.79 Å². The van der Waals surface area contributed by atoms with Crippen molar-refractivity contribution in [2.75, 3.05) is 6.54 Å². The molecule has 0 aliphatic carbocycles. The van der Waals surface area contributed by atoms with Crippen LogP contribution < -0.4 is 15.4 Å². The summed E-state index contributed by atoms with van der Waals surface area (Å²) in [5.41, 5.74) is 1.14. The molecule has 1 aliphatic rings. The third kappa shape index (κ3) is 4.35. The van der Waals surface area contributed by atoms with Crippen molar-refractivity contribution < 1.29 is 9.53 Å². The highest BCUT2D eigenvalue weighted by Gasteiger charge is 2.19. The van der Waals surface area contributed by atoms with Gasteiger partial charge in [0.05, 0.1) is 6.04 Å². The van der Waals surface area contributed by atoms with E-state index >= 15 is 0 Å². The van der Waals surface area contributed by atoms with Gasteiger partial charge in [-0.2, -0.15) is 0 Å². The van der Waals surface area contributed by atoms with Crippen LogP contribution in [0.15, 0.2) is 36.7 Å². The fourth-order valence-electron chi connectivity index (χ4n) is 2.76. The van der Waals surface area contributed by atoms with Crippen LogP contribution in [-0.4, -0.2) is 28.0 Å². The third-order valence-corrected chi connectivity index (χ3v) is 4.30. The number of amides is 1. The van der Waals surface area contributed by atoms with E-state index in [0.717, 1.165) is 42.9 Å². The van der Waals surface area contributed by atoms with Crippen LogP contribution in [0.5, 0.6) is 5.75 Å². The molecule has 0 spiro atoms. The summed E-state index contributed by atoms with van der Waals surface area (Å²) >= 11 is 0. The number of hydrogen-bond acceptors (Lipinski definition) is 4. The maximum absolute atomic E-state index is 11.9. The average molecular weight is 328 g/mol. The van der Waals surface area contributed by atoms with E-state index in [4.69, 9.17) is 4.74 Å². The second-order valence-corrected chi connectivity index (χ2v) is 6.11. The van der Waals surface area contributed by atoms with E-state index in [0.29, 0.717) is 13.2 Å². The molecule has 2 heterocycles. The molecule has 1 aromatic carbocycles. The minimum atomic E-state index is -0.0909. The van der Waals surface area contributed by atoms with Gasteiger partial charge in [0.2, 0.25) is 5.91 Å². The molecule has 1 saturated heterocycles. The monoisotopic (exact) mass is 328 g/mol. The molecule has 2 N–H and O–H groups in total. The zero-order valence-corrected chi connectivity index (χ0v) is 14.0. The van der Waals surface area contributed by atoms with Gasteiger partial charge in [0.25, 0.3) is 0 Å². The second-order valence-electron chi connectivity index (χ2n) is 6.11. The molecular weight excluding hydrogens is 304 g/mol. The van der Waals surface area contributed by atoms with Gasteiger partial charge in [-0.3, -0.25) is 4.79 Å². The van der Waals surface area contributed by atoms with E-state index in [1.165, 1.54) is 0 Å². The van der Waals surface area contributed by atoms with Gasteiger partial charge in [-0.05, 0) is 37.0 Å². The molecule has 3 rings (SSSR count). The largest absolute Gasteiger partial charge is 0.486 e. The number of imidazole rings is 1. The van der Waals surface area contributed by atoms with Crippen LogP contribution in [0.1, 0.15) is 30.7 Å². The molecule has 1 aromatic heterocycles. The highest BCUT2D eigenvalue weighted by Crippen LogP contribution is 2.14. The number of hydrogen-bond donors (Lipinski definition) is 2. The van der Waals surface area contributed by atoms with Crippen LogP contribution in [0.25, 0.3) is 0 Å². The lowest BCUT2D eigenvalue weighted by molar-refractivity contribution is -0.122. The van der Waals surface area contributed by atoms with Crippen molar-refractivity contribution >= 4 is 5.91 Å². The third-order valence-electron chi connectivity index (χ3n) is 4.30. The molecule has 6 heteroatoms. The van der Waals surface area contributed by atoms with Gasteiger partial charge in [0.15, 0.2) is 0 Å². The van der Waals surface area contributed by atoms with Crippen molar-refractivity contribution in [2.24, 2.45) is 7.05 Å². The Hall–Kier alpha value is -2.34. The SMILES string of the molecule is Cn1ccnc1COc1ccc(CN[C@@H]2CCCCNC2=O)cc1. The molecule has 0 radical (unpaired) electrons. The number of nitrogens with one attached hydrogen (secondary N) is 2. The van der Waals surface area contributed by atoms with Crippen molar-refractivity contribution in [1.82, 2.24) is 20.2 Å². The summed E-state index contributed by atoms with van der Waals surface area (Å²) in [6.07, 6.45) is 6.70. The molecule has 1 fully saturated rings. The first kappa shape index (κ1) is 16.5. The quantitative estimate of drug-likeness (QED) is 0.848. The van der Waals surface area contributed by atoms with E-state index < -0.39 is 0 Å². The molecule has 0 bridgehead atoms. The topological polar surface area (TPSA) is 68.2 Å². The van der Waals surface area contributed by atoms with Gasteiger partial charge >= 0.3 is 0 Å². The van der Waals surface area contributed by atoms with E-state index in [1.54, 1.807) is 6.20 Å². The Balaban J connectivity index is 1.49. The number of ether oxygens (including phenoxy) is 1. The minimum absolute atomic E-state index is 0.0909. The maximum Gasteiger partial charge on any atom is 0.237 e. The molecule has 1 atom stereocenters. The standard InChI is InChI=1S/C18H24N4O2/c1-22-11-10-19-17(22)13-24-15-7-5-14(6-8-15)12-21-16-4-2-3-9-20-18(16)23/h5-8,10-11,16,21H,2-4,9,12-13H2,1H3,(H,20,23)/t16-/m1/s1. The highest BCUT2D eigenvalue weighted by atomic mass is 16.5. The maximum atomic E-state index is 11.9. The number of aryl methyl sites for hydroxylation is 1. The zero-order chi connectivity index (χ0) is 16.8. The normalized spacial score (nSPS) is 18.0. The summed E-state index contributed by atoms with van der Waals surface area (Å²) in [6, 6.07) is 7.86. The van der Waals surface area contributed by atoms with Crippen molar-refractivity contribution in [3.63, 3.8) is 0 Å². The average Bonchev–Trinajstić information content (AvgIpc) is 2.89. The predicted octanol–water partition coefficient (Wildman–Crippen LogP) is 1.76. The second kappa shape index (κ2) is 7.97. The lowest BCUT2D eigenvalue weighted by Gasteiger charge is -2.15. The molecule has 2 aromatic rings. The van der Waals surface area contributed by atoms with Gasteiger partial charge in [-0.15, -0.1) is 0 Å². The van der Waals surface area contributed by atoms with Gasteiger partial charge in [0, 0.05) is 32.5 Å². The molecular formula is C18H24N4O2. The van der Waals surface area contributed by atoms with Crippen LogP contribution in [0.3, 0.4) is 0 Å². The number of carbonyl (C=O) groups is 1. The Bertz CT molecular complexity index is 666. The van der Waals surface area contributed by atoms with Crippen LogP contribution in [0.4, 0.5) is 0 Å². The number of carbonyl (C=O) groups excluding carboxylic acids is 1. The smallest absolute Gasteiger partial charge is 0.237 e. The van der Waals surface area contributed by atoms with Crippen LogP contribution >= 0.6 is 0 Å². The molecule has 128 valence electrons. The molecule has 1 amide bonds. The molecule has 6 nitrogen and oxygen atoms in total. The first-order chi connectivity index (χ1) is 11.7. The van der Waals surface area contributed by atoms with Crippen LogP contribution in [0, 0.1) is 0 Å². The number of benzene rings is 1. The summed E-state index contributed by atoms with van der Waals surface area (Å²) in [6.45, 7) is 1.92. The number of rotatable bonds is 6. The zero-order valence-electron chi connectivity index (χ0n) is 14.0. The lowest BCUT2D eigenvalue weighted by atomic mass is 10.1. The van der Waals surface area contributed by atoms with Crippen molar-refractivity contribution in [3.8, 4) is 5.75 Å².